The summed E-state index contributed by atoms with van der Waals surface area (Å²) in [5.41, 5.74) is -0.411. The predicted molar refractivity (Wildman–Crippen MR) is 94.6 cm³/mol. The largest absolute Gasteiger partial charge is 0.444 e. The predicted octanol–water partition coefficient (Wildman–Crippen LogP) is 4.19. The van der Waals surface area contributed by atoms with Gasteiger partial charge in [-0.15, -0.1) is 0 Å². The zero-order valence-corrected chi connectivity index (χ0v) is 15.6. The lowest BCUT2D eigenvalue weighted by atomic mass is 9.83. The van der Waals surface area contributed by atoms with Gasteiger partial charge < -0.3 is 15.0 Å². The Morgan fingerprint density at radius 3 is 2.43 bits per heavy atom. The highest BCUT2D eigenvalue weighted by Crippen LogP contribution is 2.27. The summed E-state index contributed by atoms with van der Waals surface area (Å²) in [7, 11) is 0. The summed E-state index contributed by atoms with van der Waals surface area (Å²) in [5, 5.41) is 3.64. The van der Waals surface area contributed by atoms with Crippen LogP contribution in [0.1, 0.15) is 72.6 Å². The van der Waals surface area contributed by atoms with Crippen molar-refractivity contribution in [2.45, 2.75) is 84.3 Å². The summed E-state index contributed by atoms with van der Waals surface area (Å²) in [6.45, 7) is 11.0. The Bertz CT molecular complexity index is 370. The Kier molecular flexibility index (Phi) is 6.75. The van der Waals surface area contributed by atoms with Gasteiger partial charge in [0.05, 0.1) is 0 Å². The molecule has 0 aromatic rings. The molecule has 1 aliphatic heterocycles. The van der Waals surface area contributed by atoms with Crippen LogP contribution in [-0.2, 0) is 4.74 Å². The molecule has 1 atom stereocenters. The van der Waals surface area contributed by atoms with Gasteiger partial charge in [0.2, 0.25) is 0 Å². The van der Waals surface area contributed by atoms with Crippen molar-refractivity contribution in [3.8, 4) is 0 Å². The topological polar surface area (TPSA) is 41.6 Å². The molecule has 0 spiro atoms. The number of hydrogen-bond acceptors (Lipinski definition) is 3. The molecular weight excluding hydrogens is 288 g/mol. The molecule has 1 saturated carbocycles. The average Bonchev–Trinajstić information content (AvgIpc) is 2.48. The first-order valence-electron chi connectivity index (χ1n) is 9.55. The summed E-state index contributed by atoms with van der Waals surface area (Å²) in [5.74, 6) is 1.73. The number of amides is 1. The van der Waals surface area contributed by atoms with E-state index in [1.54, 1.807) is 0 Å². The number of carbonyl (C=O) groups excluding carboxylic acids is 1. The monoisotopic (exact) mass is 324 g/mol. The number of ether oxygens (including phenoxy) is 1. The fourth-order valence-corrected chi connectivity index (χ4v) is 3.76. The second-order valence-electron chi connectivity index (χ2n) is 8.61. The lowest BCUT2D eigenvalue weighted by Gasteiger charge is -2.37. The fourth-order valence-electron chi connectivity index (χ4n) is 3.76. The summed E-state index contributed by atoms with van der Waals surface area (Å²) < 4.78 is 5.57. The van der Waals surface area contributed by atoms with E-state index in [0.29, 0.717) is 6.04 Å². The van der Waals surface area contributed by atoms with Crippen LogP contribution in [-0.4, -0.2) is 42.3 Å². The first kappa shape index (κ1) is 18.6. The van der Waals surface area contributed by atoms with Gasteiger partial charge in [-0.3, -0.25) is 0 Å². The zero-order valence-electron chi connectivity index (χ0n) is 15.6. The highest BCUT2D eigenvalue weighted by atomic mass is 16.6. The number of carbonyl (C=O) groups is 1. The Hall–Kier alpha value is -0.770. The van der Waals surface area contributed by atoms with Gasteiger partial charge in [-0.25, -0.2) is 4.79 Å². The summed E-state index contributed by atoms with van der Waals surface area (Å²) in [4.78, 5) is 14.4. The molecule has 0 bridgehead atoms. The van der Waals surface area contributed by atoms with Crippen molar-refractivity contribution in [1.29, 1.82) is 0 Å². The Labute approximate surface area is 142 Å². The Morgan fingerprint density at radius 2 is 1.78 bits per heavy atom. The van der Waals surface area contributed by atoms with Crippen LogP contribution >= 0.6 is 0 Å². The number of hydrogen-bond donors (Lipinski definition) is 1. The van der Waals surface area contributed by atoms with Crippen LogP contribution in [0.2, 0.25) is 0 Å². The Morgan fingerprint density at radius 1 is 1.09 bits per heavy atom. The van der Waals surface area contributed by atoms with Crippen molar-refractivity contribution >= 4 is 6.09 Å². The average molecular weight is 325 g/mol. The van der Waals surface area contributed by atoms with Crippen LogP contribution in [0.4, 0.5) is 4.79 Å². The lowest BCUT2D eigenvalue weighted by Crippen LogP contribution is -2.50. The van der Waals surface area contributed by atoms with Crippen LogP contribution in [0.15, 0.2) is 0 Å². The molecule has 1 heterocycles. The van der Waals surface area contributed by atoms with Crippen LogP contribution in [0, 0.1) is 11.8 Å². The van der Waals surface area contributed by atoms with Crippen LogP contribution < -0.4 is 5.32 Å². The third-order valence-electron chi connectivity index (χ3n) is 5.20. The van der Waals surface area contributed by atoms with E-state index in [0.717, 1.165) is 44.3 Å². The van der Waals surface area contributed by atoms with Crippen molar-refractivity contribution < 1.29 is 9.53 Å². The molecule has 4 heteroatoms. The third-order valence-corrected chi connectivity index (χ3v) is 5.20. The maximum Gasteiger partial charge on any atom is 0.410 e. The number of piperidine rings is 1. The minimum atomic E-state index is -0.411. The van der Waals surface area contributed by atoms with E-state index in [1.807, 2.05) is 25.7 Å². The lowest BCUT2D eigenvalue weighted by molar-refractivity contribution is 0.00983. The van der Waals surface area contributed by atoms with Crippen LogP contribution in [0.3, 0.4) is 0 Å². The molecule has 4 nitrogen and oxygen atoms in total. The molecule has 0 radical (unpaired) electrons. The van der Waals surface area contributed by atoms with Gasteiger partial charge in [0.15, 0.2) is 0 Å². The Balaban J connectivity index is 1.76. The van der Waals surface area contributed by atoms with Crippen molar-refractivity contribution in [2.75, 3.05) is 19.6 Å². The smallest absolute Gasteiger partial charge is 0.410 e. The van der Waals surface area contributed by atoms with Crippen molar-refractivity contribution in [2.24, 2.45) is 11.8 Å². The van der Waals surface area contributed by atoms with Crippen molar-refractivity contribution in [3.05, 3.63) is 0 Å². The van der Waals surface area contributed by atoms with Gasteiger partial charge in [0.1, 0.15) is 5.60 Å². The van der Waals surface area contributed by atoms with Crippen LogP contribution in [0.5, 0.6) is 0 Å². The van der Waals surface area contributed by atoms with E-state index in [2.05, 4.69) is 12.2 Å². The number of nitrogens with one attached hydrogen (secondary N) is 1. The molecule has 2 aliphatic rings. The molecule has 1 unspecified atom stereocenters. The maximum absolute atomic E-state index is 12.4. The second-order valence-corrected chi connectivity index (χ2v) is 8.61. The van der Waals surface area contributed by atoms with Gasteiger partial charge in [-0.05, 0) is 71.3 Å². The first-order valence-corrected chi connectivity index (χ1v) is 9.55. The molecule has 1 N–H and O–H groups in total. The summed E-state index contributed by atoms with van der Waals surface area (Å²) in [6.07, 6.45) is 8.72. The van der Waals surface area contributed by atoms with E-state index in [9.17, 15) is 4.79 Å². The SMILES string of the molecule is CC1CCC(CNCC2CCCCN2C(=O)OC(C)(C)C)CC1. The molecule has 2 fully saturated rings. The van der Waals surface area contributed by atoms with E-state index < -0.39 is 5.60 Å². The molecular formula is C19H36N2O2. The second kappa shape index (κ2) is 8.36. The van der Waals surface area contributed by atoms with Crippen molar-refractivity contribution in [3.63, 3.8) is 0 Å². The molecule has 134 valence electrons. The maximum atomic E-state index is 12.4. The minimum Gasteiger partial charge on any atom is -0.444 e. The van der Waals surface area contributed by atoms with Gasteiger partial charge >= 0.3 is 6.09 Å². The molecule has 2 rings (SSSR count). The molecule has 23 heavy (non-hydrogen) atoms. The first-order chi connectivity index (χ1) is 10.8. The van der Waals surface area contributed by atoms with E-state index in [-0.39, 0.29) is 6.09 Å². The van der Waals surface area contributed by atoms with Crippen LogP contribution in [0.25, 0.3) is 0 Å². The third kappa shape index (κ3) is 6.33. The van der Waals surface area contributed by atoms with E-state index >= 15 is 0 Å². The summed E-state index contributed by atoms with van der Waals surface area (Å²) in [6, 6.07) is 0.293. The van der Waals surface area contributed by atoms with Gasteiger partial charge in [-0.2, -0.15) is 0 Å². The standard InChI is InChI=1S/C19H36N2O2/c1-15-8-10-16(11-9-15)13-20-14-17-7-5-6-12-21(17)18(22)23-19(2,3)4/h15-17,20H,5-14H2,1-4H3. The quantitative estimate of drug-likeness (QED) is 0.843. The molecule has 0 aromatic heterocycles. The summed E-state index contributed by atoms with van der Waals surface area (Å²) >= 11 is 0. The van der Waals surface area contributed by atoms with Gasteiger partial charge in [0, 0.05) is 19.1 Å². The van der Waals surface area contributed by atoms with Gasteiger partial charge in [0.25, 0.3) is 0 Å². The number of rotatable bonds is 4. The molecule has 0 aromatic carbocycles. The van der Waals surface area contributed by atoms with E-state index in [4.69, 9.17) is 4.74 Å². The van der Waals surface area contributed by atoms with Crippen molar-refractivity contribution in [1.82, 2.24) is 10.2 Å². The van der Waals surface area contributed by atoms with Gasteiger partial charge in [-0.1, -0.05) is 19.8 Å². The number of nitrogens with zero attached hydrogens (tertiary/aromatic N) is 1. The van der Waals surface area contributed by atoms with E-state index in [1.165, 1.54) is 32.1 Å². The number of likely N-dealkylation sites (tertiary alicyclic amines) is 1. The minimum absolute atomic E-state index is 0.143. The zero-order chi connectivity index (χ0) is 16.9. The molecule has 1 aliphatic carbocycles. The highest BCUT2D eigenvalue weighted by molar-refractivity contribution is 5.68. The molecule has 1 amide bonds. The highest BCUT2D eigenvalue weighted by Gasteiger charge is 2.30. The molecule has 1 saturated heterocycles. The fraction of sp³-hybridized carbons (Fsp3) is 0.947. The normalized spacial score (nSPS) is 29.4.